The number of aliphatic carboxylic acids is 1. The Kier molecular flexibility index (Phi) is 7.77. The second kappa shape index (κ2) is 10.9. The first kappa shape index (κ1) is 27.2. The summed E-state index contributed by atoms with van der Waals surface area (Å²) < 4.78 is 33.8. The van der Waals surface area contributed by atoms with E-state index in [1.54, 1.807) is 6.20 Å². The number of amides is 1. The molecule has 0 unspecified atom stereocenters. The van der Waals surface area contributed by atoms with E-state index in [1.807, 2.05) is 19.1 Å². The van der Waals surface area contributed by atoms with Crippen molar-refractivity contribution in [2.24, 2.45) is 0 Å². The van der Waals surface area contributed by atoms with Gasteiger partial charge in [0.15, 0.2) is 5.82 Å². The van der Waals surface area contributed by atoms with Crippen LogP contribution in [0.4, 0.5) is 18.9 Å². The molecule has 1 amide bonds. The molecule has 11 heteroatoms. The third kappa shape index (κ3) is 5.52. The summed E-state index contributed by atoms with van der Waals surface area (Å²) in [6.07, 6.45) is -1.34. The van der Waals surface area contributed by atoms with Crippen molar-refractivity contribution in [3.63, 3.8) is 0 Å². The summed E-state index contributed by atoms with van der Waals surface area (Å²) in [5.41, 5.74) is 5.33. The number of carboxylic acid groups (broad SMARTS) is 1. The molecule has 2 aromatic heterocycles. The van der Waals surface area contributed by atoms with Crippen LogP contribution < -0.4 is 10.6 Å². The molecule has 1 saturated heterocycles. The molecule has 38 heavy (non-hydrogen) atoms. The summed E-state index contributed by atoms with van der Waals surface area (Å²) in [5.74, 6) is -2.01. The van der Waals surface area contributed by atoms with Crippen molar-refractivity contribution in [1.29, 1.82) is 0 Å². The molecule has 5 rings (SSSR count). The average molecular weight is 530 g/mol. The predicted molar refractivity (Wildman–Crippen MR) is 136 cm³/mol. The van der Waals surface area contributed by atoms with E-state index in [2.05, 4.69) is 68.4 Å². The summed E-state index contributed by atoms with van der Waals surface area (Å²) in [6, 6.07) is 16.7. The highest BCUT2D eigenvalue weighted by atomic mass is 19.4. The molecule has 1 spiro atoms. The maximum Gasteiger partial charge on any atom is 0.490 e. The number of anilines is 1. The molecule has 0 bridgehead atoms. The zero-order chi connectivity index (χ0) is 27.5. The third-order valence-electron chi connectivity index (χ3n) is 6.92. The molecular weight excluding hydrogens is 499 g/mol. The standard InChI is InChI=1S/C25H29N5O.C2HF3O2/c1-3-26-24(31)21-10-11-22-25(28-20-9-6-14-27-23(20)30(21)22)12-15-29(16-13-25)17-19-8-5-4-7-18(19)2;3-2(4,5)1(6)7/h4-11,14,28H,3,12-13,15-17H2,1-2H3,(H,26,31);(H,6,7). The second-order valence-corrected chi connectivity index (χ2v) is 9.39. The van der Waals surface area contributed by atoms with Gasteiger partial charge >= 0.3 is 12.1 Å². The minimum absolute atomic E-state index is 0.0561. The van der Waals surface area contributed by atoms with E-state index in [0.717, 1.165) is 49.7 Å². The van der Waals surface area contributed by atoms with Gasteiger partial charge in [0.2, 0.25) is 0 Å². The van der Waals surface area contributed by atoms with Crippen LogP contribution in [0.25, 0.3) is 5.82 Å². The third-order valence-corrected chi connectivity index (χ3v) is 6.92. The number of aryl methyl sites for hydroxylation is 1. The first-order chi connectivity index (χ1) is 18.1. The number of benzene rings is 1. The van der Waals surface area contributed by atoms with Gasteiger partial charge in [0.25, 0.3) is 5.91 Å². The van der Waals surface area contributed by atoms with Crippen LogP contribution in [-0.4, -0.2) is 57.2 Å². The molecule has 2 aliphatic heterocycles. The van der Waals surface area contributed by atoms with Crippen molar-refractivity contribution in [2.45, 2.75) is 44.9 Å². The summed E-state index contributed by atoms with van der Waals surface area (Å²) in [4.78, 5) is 28.8. The number of likely N-dealkylation sites (tertiary alicyclic amines) is 1. The lowest BCUT2D eigenvalue weighted by molar-refractivity contribution is -0.192. The molecule has 8 nitrogen and oxygen atoms in total. The van der Waals surface area contributed by atoms with E-state index in [9.17, 15) is 18.0 Å². The molecule has 0 radical (unpaired) electrons. The highest BCUT2D eigenvalue weighted by Crippen LogP contribution is 2.43. The predicted octanol–water partition coefficient (Wildman–Crippen LogP) is 4.48. The number of piperidine rings is 1. The van der Waals surface area contributed by atoms with Crippen LogP contribution >= 0.6 is 0 Å². The number of hydrogen-bond donors (Lipinski definition) is 3. The first-order valence-electron chi connectivity index (χ1n) is 12.4. The Balaban J connectivity index is 0.000000426. The van der Waals surface area contributed by atoms with Gasteiger partial charge in [-0.25, -0.2) is 9.78 Å². The molecule has 0 atom stereocenters. The molecule has 3 N–H and O–H groups in total. The Labute approximate surface area is 218 Å². The molecule has 1 fully saturated rings. The van der Waals surface area contributed by atoms with Gasteiger partial charge in [0, 0.05) is 32.4 Å². The molecule has 2 aliphatic rings. The van der Waals surface area contributed by atoms with Crippen LogP contribution in [0.5, 0.6) is 0 Å². The van der Waals surface area contributed by atoms with Crippen LogP contribution in [0, 0.1) is 6.92 Å². The highest BCUT2D eigenvalue weighted by Gasteiger charge is 2.43. The first-order valence-corrected chi connectivity index (χ1v) is 12.4. The number of nitrogens with zero attached hydrogens (tertiary/aromatic N) is 3. The SMILES string of the molecule is CCNC(=O)c1ccc2n1-c1ncccc1NC21CCN(Cc2ccccc2C)CC1.O=C(O)C(F)(F)F. The van der Waals surface area contributed by atoms with Crippen molar-refractivity contribution in [3.05, 3.63) is 77.2 Å². The van der Waals surface area contributed by atoms with Crippen molar-refractivity contribution in [3.8, 4) is 5.82 Å². The molecule has 1 aromatic carbocycles. The van der Waals surface area contributed by atoms with E-state index in [0.29, 0.717) is 12.2 Å². The van der Waals surface area contributed by atoms with Crippen molar-refractivity contribution >= 4 is 17.6 Å². The fourth-order valence-corrected chi connectivity index (χ4v) is 4.96. The topological polar surface area (TPSA) is 99.5 Å². The zero-order valence-electron chi connectivity index (χ0n) is 21.2. The number of aromatic nitrogens is 2. The van der Waals surface area contributed by atoms with Crippen molar-refractivity contribution < 1.29 is 27.9 Å². The summed E-state index contributed by atoms with van der Waals surface area (Å²) in [7, 11) is 0. The minimum atomic E-state index is -5.08. The Hall–Kier alpha value is -3.86. The van der Waals surface area contributed by atoms with Crippen LogP contribution in [0.3, 0.4) is 0 Å². The normalized spacial score (nSPS) is 15.9. The van der Waals surface area contributed by atoms with Crippen LogP contribution in [-0.2, 0) is 16.9 Å². The molecule has 0 saturated carbocycles. The molecule has 4 heterocycles. The second-order valence-electron chi connectivity index (χ2n) is 9.39. The lowest BCUT2D eigenvalue weighted by Gasteiger charge is -2.46. The molecule has 0 aliphatic carbocycles. The number of rotatable bonds is 4. The average Bonchev–Trinajstić information content (AvgIpc) is 3.34. The van der Waals surface area contributed by atoms with Gasteiger partial charge in [-0.05, 0) is 62.1 Å². The highest BCUT2D eigenvalue weighted by molar-refractivity contribution is 5.94. The van der Waals surface area contributed by atoms with Crippen molar-refractivity contribution in [1.82, 2.24) is 19.8 Å². The number of carbonyl (C=O) groups excluding carboxylic acids is 1. The monoisotopic (exact) mass is 529 g/mol. The number of hydrogen-bond acceptors (Lipinski definition) is 5. The van der Waals surface area contributed by atoms with Crippen LogP contribution in [0.15, 0.2) is 54.7 Å². The van der Waals surface area contributed by atoms with Crippen molar-refractivity contribution in [2.75, 3.05) is 25.0 Å². The van der Waals surface area contributed by atoms with Gasteiger partial charge in [-0.1, -0.05) is 24.3 Å². The quantitative estimate of drug-likeness (QED) is 0.461. The van der Waals surface area contributed by atoms with Crippen LogP contribution in [0.1, 0.15) is 47.1 Å². The van der Waals surface area contributed by atoms with Gasteiger partial charge in [-0.3, -0.25) is 14.3 Å². The minimum Gasteiger partial charge on any atom is -0.475 e. The van der Waals surface area contributed by atoms with E-state index >= 15 is 0 Å². The van der Waals surface area contributed by atoms with E-state index < -0.39 is 12.1 Å². The fraction of sp³-hybridized carbons (Fsp3) is 0.370. The number of carbonyl (C=O) groups is 2. The maximum absolute atomic E-state index is 12.8. The Morgan fingerprint density at radius 2 is 1.79 bits per heavy atom. The number of carboxylic acids is 1. The number of halogens is 3. The molecule has 202 valence electrons. The largest absolute Gasteiger partial charge is 0.490 e. The maximum atomic E-state index is 12.8. The van der Waals surface area contributed by atoms with Gasteiger partial charge in [-0.2, -0.15) is 13.2 Å². The summed E-state index contributed by atoms with van der Waals surface area (Å²) in [5, 5.41) is 13.9. The Bertz CT molecular complexity index is 1310. The zero-order valence-corrected chi connectivity index (χ0v) is 21.2. The lowest BCUT2D eigenvalue weighted by Crippen LogP contribution is -2.50. The Morgan fingerprint density at radius 1 is 1.11 bits per heavy atom. The Morgan fingerprint density at radius 3 is 2.42 bits per heavy atom. The lowest BCUT2D eigenvalue weighted by atomic mass is 9.82. The summed E-state index contributed by atoms with van der Waals surface area (Å²) in [6.45, 7) is 7.70. The van der Waals surface area contributed by atoms with E-state index in [4.69, 9.17) is 9.90 Å². The number of pyridine rings is 1. The number of nitrogens with one attached hydrogen (secondary N) is 2. The summed E-state index contributed by atoms with van der Waals surface area (Å²) >= 11 is 0. The number of fused-ring (bicyclic) bond motifs is 4. The van der Waals surface area contributed by atoms with Crippen LogP contribution in [0.2, 0.25) is 0 Å². The van der Waals surface area contributed by atoms with Gasteiger partial charge < -0.3 is 15.7 Å². The van der Waals surface area contributed by atoms with Gasteiger partial charge in [0.1, 0.15) is 5.69 Å². The van der Waals surface area contributed by atoms with E-state index in [-0.39, 0.29) is 11.4 Å². The smallest absolute Gasteiger partial charge is 0.475 e. The number of alkyl halides is 3. The van der Waals surface area contributed by atoms with E-state index in [1.165, 1.54) is 11.1 Å². The molecular formula is C27H30F3N5O3. The molecule has 3 aromatic rings. The fourth-order valence-electron chi connectivity index (χ4n) is 4.96. The van der Waals surface area contributed by atoms with Gasteiger partial charge in [0.05, 0.1) is 16.9 Å². The van der Waals surface area contributed by atoms with Gasteiger partial charge in [-0.15, -0.1) is 0 Å².